The molecule has 1 aliphatic carbocycles. The molecule has 9 N–H and O–H groups in total. The highest BCUT2D eigenvalue weighted by Gasteiger charge is 2.38. The van der Waals surface area contributed by atoms with Gasteiger partial charge in [-0.1, -0.05) is 85.0 Å². The van der Waals surface area contributed by atoms with Crippen LogP contribution in [0.25, 0.3) is 0 Å². The van der Waals surface area contributed by atoms with Crippen molar-refractivity contribution in [1.82, 2.24) is 31.5 Å². The van der Waals surface area contributed by atoms with Gasteiger partial charge in [0.05, 0.1) is 18.6 Å². The molecule has 0 aromatic rings. The van der Waals surface area contributed by atoms with Gasteiger partial charge in [0.2, 0.25) is 29.5 Å². The fraction of sp³-hybridized carbons (Fsp3) is 0.868. The predicted molar refractivity (Wildman–Crippen MR) is 204 cm³/mol. The van der Waals surface area contributed by atoms with Crippen molar-refractivity contribution < 1.29 is 28.7 Å². The first-order valence-corrected chi connectivity index (χ1v) is 20.2. The van der Waals surface area contributed by atoms with Crippen LogP contribution in [0.3, 0.4) is 0 Å². The molecular formula is C38H72N8O6. The quantitative estimate of drug-likeness (QED) is 0.0965. The van der Waals surface area contributed by atoms with Gasteiger partial charge in [-0.3, -0.25) is 24.0 Å². The molecule has 7 atom stereocenters. The second-order valence-electron chi connectivity index (χ2n) is 15.0. The summed E-state index contributed by atoms with van der Waals surface area (Å²) in [6.45, 7) is 8.93. The van der Waals surface area contributed by atoms with Gasteiger partial charge < -0.3 is 47.7 Å². The van der Waals surface area contributed by atoms with Crippen LogP contribution < -0.4 is 38.1 Å². The lowest BCUT2D eigenvalue weighted by atomic mass is 9.90. The Kier molecular flexibility index (Phi) is 22.0. The number of likely N-dealkylation sites (N-methyl/N-ethyl adjacent to an activating group) is 1. The van der Waals surface area contributed by atoms with Crippen molar-refractivity contribution in [1.29, 1.82) is 0 Å². The lowest BCUT2D eigenvalue weighted by molar-refractivity contribution is -0.147. The SMILES string of the molecule is CCCCCC[C@H]1OC[C@@H](C)NC(=O)[C@H](CNCCCN)NC(=O)[C@H](CN)NC(=O)[C@H](C2CCCCCC2)NC(=O)[C@H](CCCC)N(C)C(=O)[C@@H]1C. The molecule has 0 spiro atoms. The third-order valence-electron chi connectivity index (χ3n) is 10.5. The Labute approximate surface area is 312 Å². The van der Waals surface area contributed by atoms with Crippen molar-refractivity contribution in [2.45, 2.75) is 160 Å². The van der Waals surface area contributed by atoms with Crippen LogP contribution in [-0.2, 0) is 28.7 Å². The zero-order valence-corrected chi connectivity index (χ0v) is 32.8. The topological polar surface area (TPSA) is 210 Å². The summed E-state index contributed by atoms with van der Waals surface area (Å²) in [5, 5.41) is 14.8. The van der Waals surface area contributed by atoms with Crippen LogP contribution in [0.5, 0.6) is 0 Å². The summed E-state index contributed by atoms with van der Waals surface area (Å²) in [6.07, 6.45) is 12.4. The molecule has 1 saturated carbocycles. The van der Waals surface area contributed by atoms with Crippen LogP contribution in [0.1, 0.15) is 124 Å². The molecule has 14 nitrogen and oxygen atoms in total. The average molecular weight is 737 g/mol. The van der Waals surface area contributed by atoms with E-state index in [0.717, 1.165) is 77.0 Å². The van der Waals surface area contributed by atoms with Crippen molar-refractivity contribution in [3.05, 3.63) is 0 Å². The molecule has 52 heavy (non-hydrogen) atoms. The predicted octanol–water partition coefficient (Wildman–Crippen LogP) is 1.84. The Morgan fingerprint density at radius 2 is 1.40 bits per heavy atom. The van der Waals surface area contributed by atoms with Crippen LogP contribution in [0.2, 0.25) is 0 Å². The third kappa shape index (κ3) is 15.3. The second-order valence-corrected chi connectivity index (χ2v) is 15.0. The van der Waals surface area contributed by atoms with Crippen molar-refractivity contribution in [2.75, 3.05) is 39.8 Å². The smallest absolute Gasteiger partial charge is 0.244 e. The number of rotatable bonds is 15. The van der Waals surface area contributed by atoms with E-state index in [1.165, 1.54) is 4.90 Å². The van der Waals surface area contributed by atoms with E-state index in [1.807, 2.05) is 20.8 Å². The molecule has 1 saturated heterocycles. The lowest BCUT2D eigenvalue weighted by Crippen LogP contribution is -2.62. The number of carbonyl (C=O) groups is 5. The molecule has 14 heteroatoms. The maximum atomic E-state index is 14.2. The molecule has 0 bridgehead atoms. The summed E-state index contributed by atoms with van der Waals surface area (Å²) >= 11 is 0. The van der Waals surface area contributed by atoms with E-state index in [4.69, 9.17) is 16.2 Å². The zero-order valence-electron chi connectivity index (χ0n) is 32.8. The Bertz CT molecular complexity index is 1090. The molecule has 0 radical (unpaired) electrons. The van der Waals surface area contributed by atoms with Gasteiger partial charge in [-0.25, -0.2) is 0 Å². The van der Waals surface area contributed by atoms with Crippen LogP contribution in [0.15, 0.2) is 0 Å². The van der Waals surface area contributed by atoms with Crippen LogP contribution >= 0.6 is 0 Å². The number of unbranched alkanes of at least 4 members (excludes halogenated alkanes) is 4. The Morgan fingerprint density at radius 1 is 0.750 bits per heavy atom. The summed E-state index contributed by atoms with van der Waals surface area (Å²) in [7, 11) is 1.66. The maximum absolute atomic E-state index is 14.2. The van der Waals surface area contributed by atoms with Gasteiger partial charge in [-0.2, -0.15) is 0 Å². The Hall–Kier alpha value is -2.81. The first-order chi connectivity index (χ1) is 25.0. The minimum Gasteiger partial charge on any atom is -0.375 e. The average Bonchev–Trinajstić information content (AvgIpc) is 3.42. The number of nitrogens with zero attached hydrogens (tertiary/aromatic N) is 1. The molecule has 1 heterocycles. The zero-order chi connectivity index (χ0) is 38.5. The van der Waals surface area contributed by atoms with E-state index in [-0.39, 0.29) is 37.4 Å². The molecule has 0 unspecified atom stereocenters. The normalized spacial score (nSPS) is 28.5. The van der Waals surface area contributed by atoms with Gasteiger partial charge in [0, 0.05) is 26.2 Å². The highest BCUT2D eigenvalue weighted by molar-refractivity contribution is 5.96. The summed E-state index contributed by atoms with van der Waals surface area (Å²) in [5.74, 6) is -2.83. The molecule has 5 amide bonds. The minimum absolute atomic E-state index is 0.133. The lowest BCUT2D eigenvalue weighted by Gasteiger charge is -2.34. The van der Waals surface area contributed by atoms with Gasteiger partial charge in [0.15, 0.2) is 0 Å². The highest BCUT2D eigenvalue weighted by Crippen LogP contribution is 2.27. The van der Waals surface area contributed by atoms with Crippen molar-refractivity contribution in [3.8, 4) is 0 Å². The van der Waals surface area contributed by atoms with Gasteiger partial charge in [0.25, 0.3) is 0 Å². The molecule has 0 aromatic heterocycles. The Morgan fingerprint density at radius 3 is 2.04 bits per heavy atom. The first kappa shape index (κ1) is 45.3. The van der Waals surface area contributed by atoms with E-state index in [1.54, 1.807) is 7.05 Å². The number of hydrogen-bond donors (Lipinski definition) is 7. The number of nitrogens with one attached hydrogen (secondary N) is 5. The largest absolute Gasteiger partial charge is 0.375 e. The third-order valence-corrected chi connectivity index (χ3v) is 10.5. The fourth-order valence-electron chi connectivity index (χ4n) is 7.17. The van der Waals surface area contributed by atoms with Crippen LogP contribution in [-0.4, -0.2) is 111 Å². The fourth-order valence-corrected chi connectivity index (χ4v) is 7.17. The van der Waals surface area contributed by atoms with Gasteiger partial charge in [-0.05, 0) is 58.0 Å². The molecule has 300 valence electrons. The summed E-state index contributed by atoms with van der Waals surface area (Å²) < 4.78 is 6.40. The van der Waals surface area contributed by atoms with E-state index in [2.05, 4.69) is 33.5 Å². The van der Waals surface area contributed by atoms with Crippen LogP contribution in [0, 0.1) is 11.8 Å². The number of ether oxygens (including phenoxy) is 1. The van der Waals surface area contributed by atoms with Gasteiger partial charge >= 0.3 is 0 Å². The summed E-state index contributed by atoms with van der Waals surface area (Å²) in [4.78, 5) is 71.3. The Balaban J connectivity index is 2.55. The number of nitrogens with two attached hydrogens (primary N) is 2. The van der Waals surface area contributed by atoms with Crippen molar-refractivity contribution in [2.24, 2.45) is 23.3 Å². The van der Waals surface area contributed by atoms with E-state index >= 15 is 0 Å². The van der Waals surface area contributed by atoms with Gasteiger partial charge in [0.1, 0.15) is 24.2 Å². The molecule has 1 aliphatic heterocycles. The summed E-state index contributed by atoms with van der Waals surface area (Å²) in [6, 6.07) is -4.28. The summed E-state index contributed by atoms with van der Waals surface area (Å²) in [5.41, 5.74) is 11.7. The number of amides is 5. The standard InChI is InChI=1S/C38H72N8O6/c1-6-8-10-15-20-32-27(4)38(51)46(5)31(19-9-7-2)36(49)45-33(28-17-13-11-12-14-18-28)37(50)43-29(23-40)34(47)44-30(24-41-22-16-21-39)35(48)42-26(3)25-52-32/h26-33,41H,6-25,39-40H2,1-5H3,(H,42,48)(H,43,50)(H,44,47)(H,45,49)/t26-,27-,29+,30+,31+,32-,33+/m1/s1. The van der Waals surface area contributed by atoms with E-state index in [9.17, 15) is 24.0 Å². The molecule has 2 aliphatic rings. The van der Waals surface area contributed by atoms with E-state index in [0.29, 0.717) is 32.4 Å². The number of carbonyl (C=O) groups excluding carboxylic acids is 5. The highest BCUT2D eigenvalue weighted by atomic mass is 16.5. The minimum atomic E-state index is -1.14. The molecule has 0 aromatic carbocycles. The van der Waals surface area contributed by atoms with E-state index < -0.39 is 60.0 Å². The monoisotopic (exact) mass is 737 g/mol. The molecular weight excluding hydrogens is 664 g/mol. The maximum Gasteiger partial charge on any atom is 0.244 e. The molecule has 2 rings (SSSR count). The molecule has 2 fully saturated rings. The van der Waals surface area contributed by atoms with Crippen molar-refractivity contribution >= 4 is 29.5 Å². The van der Waals surface area contributed by atoms with Crippen molar-refractivity contribution in [3.63, 3.8) is 0 Å². The van der Waals surface area contributed by atoms with Gasteiger partial charge in [-0.15, -0.1) is 0 Å². The first-order valence-electron chi connectivity index (χ1n) is 20.2. The number of hydrogen-bond acceptors (Lipinski definition) is 9. The second kappa shape index (κ2) is 25.3. The van der Waals surface area contributed by atoms with Crippen LogP contribution in [0.4, 0.5) is 0 Å².